The van der Waals surface area contributed by atoms with Gasteiger partial charge in [0.05, 0.1) is 40.1 Å². The van der Waals surface area contributed by atoms with Gasteiger partial charge in [0.15, 0.2) is 0 Å². The van der Waals surface area contributed by atoms with Gasteiger partial charge in [-0.1, -0.05) is 18.2 Å². The summed E-state index contributed by atoms with van der Waals surface area (Å²) in [6.07, 6.45) is -5.49. The molecule has 7 nitrogen and oxygen atoms in total. The summed E-state index contributed by atoms with van der Waals surface area (Å²) in [7, 11) is 0. The number of carbonyl (C=O) groups excluding carboxylic acids is 2. The van der Waals surface area contributed by atoms with E-state index in [1.807, 2.05) is 4.90 Å². The Balaban J connectivity index is 1.42. The molecular weight excluding hydrogens is 564 g/mol. The number of rotatable bonds is 6. The lowest BCUT2D eigenvalue weighted by Crippen LogP contribution is -2.44. The number of hydrogen-bond acceptors (Lipinski definition) is 5. The summed E-state index contributed by atoms with van der Waals surface area (Å²) in [6, 6.07) is 8.61. The molecule has 0 aliphatic carbocycles. The molecule has 0 radical (unpaired) electrons. The summed E-state index contributed by atoms with van der Waals surface area (Å²) < 4.78 is 80.4. The Morgan fingerprint density at radius 3 is 2.07 bits per heavy atom. The van der Waals surface area contributed by atoms with E-state index in [0.29, 0.717) is 42.6 Å². The fourth-order valence-corrected chi connectivity index (χ4v) is 5.20. The van der Waals surface area contributed by atoms with Gasteiger partial charge in [-0.3, -0.25) is 9.69 Å². The van der Waals surface area contributed by atoms with Gasteiger partial charge in [0.2, 0.25) is 0 Å². The summed E-state index contributed by atoms with van der Waals surface area (Å²) in [5.41, 5.74) is -4.44. The van der Waals surface area contributed by atoms with Gasteiger partial charge < -0.3 is 4.90 Å². The molecule has 0 saturated carbocycles. The Morgan fingerprint density at radius 2 is 1.48 bits per heavy atom. The van der Waals surface area contributed by atoms with E-state index in [9.17, 15) is 35.9 Å². The highest BCUT2D eigenvalue weighted by Crippen LogP contribution is 2.38. The van der Waals surface area contributed by atoms with Crippen molar-refractivity contribution in [1.29, 1.82) is 10.5 Å². The molecule has 0 aromatic heterocycles. The fourth-order valence-electron chi connectivity index (χ4n) is 5.20. The molecule has 220 valence electrons. The van der Waals surface area contributed by atoms with Crippen molar-refractivity contribution in [2.75, 3.05) is 31.1 Å². The van der Waals surface area contributed by atoms with Crippen LogP contribution in [0.4, 0.5) is 36.8 Å². The molecule has 0 N–H and O–H groups in total. The van der Waals surface area contributed by atoms with Crippen LogP contribution >= 0.6 is 0 Å². The molecule has 2 heterocycles. The molecule has 2 aromatic rings. The molecule has 1 atom stereocenters. The highest BCUT2D eigenvalue weighted by atomic mass is 19.4. The highest BCUT2D eigenvalue weighted by molar-refractivity contribution is 6.23. The number of nitriles is 2. The standard InChI is InChI=1S/C29H25F6N5O2/c1-27(2)25(41)40(22-8-7-20(16-37)24(14-22)29(33,34)35)26(42)39(27)11-4-3-10-38-12-9-21(17-38)18-5-6-19(15-36)23(13-18)28(30,31)32/h3-8,13-14,21H,9-12,17H2,1-2H3/b4-3+. The van der Waals surface area contributed by atoms with Gasteiger partial charge in [-0.05, 0) is 68.6 Å². The number of anilines is 1. The first kappa shape index (κ1) is 30.6. The number of carbonyl (C=O) groups is 2. The van der Waals surface area contributed by atoms with Crippen molar-refractivity contribution in [1.82, 2.24) is 9.80 Å². The Hall–Kier alpha value is -4.36. The predicted molar refractivity (Wildman–Crippen MR) is 139 cm³/mol. The number of halogens is 6. The maximum absolute atomic E-state index is 13.5. The third-order valence-electron chi connectivity index (χ3n) is 7.54. The van der Waals surface area contributed by atoms with Gasteiger partial charge in [-0.15, -0.1) is 0 Å². The average Bonchev–Trinajstić information content (AvgIpc) is 3.46. The lowest BCUT2D eigenvalue weighted by molar-refractivity contribution is -0.138. The van der Waals surface area contributed by atoms with E-state index >= 15 is 0 Å². The van der Waals surface area contributed by atoms with Crippen molar-refractivity contribution in [3.8, 4) is 12.1 Å². The molecule has 2 saturated heterocycles. The van der Waals surface area contributed by atoms with Crippen LogP contribution in [0, 0.1) is 22.7 Å². The number of hydrogen-bond donors (Lipinski definition) is 0. The van der Waals surface area contributed by atoms with E-state index in [1.54, 1.807) is 18.2 Å². The molecule has 2 aromatic carbocycles. The van der Waals surface area contributed by atoms with Crippen molar-refractivity contribution >= 4 is 17.6 Å². The van der Waals surface area contributed by atoms with E-state index in [-0.39, 0.29) is 18.2 Å². The van der Waals surface area contributed by atoms with E-state index < -0.39 is 52.1 Å². The van der Waals surface area contributed by atoms with Crippen LogP contribution < -0.4 is 4.90 Å². The molecule has 1 unspecified atom stereocenters. The maximum atomic E-state index is 13.5. The smallest absolute Gasteiger partial charge is 0.306 e. The van der Waals surface area contributed by atoms with Crippen molar-refractivity contribution in [3.05, 3.63) is 76.4 Å². The molecule has 0 bridgehead atoms. The third kappa shape index (κ3) is 5.83. The molecular formula is C29H25F6N5O2. The average molecular weight is 590 g/mol. The molecule has 42 heavy (non-hydrogen) atoms. The summed E-state index contributed by atoms with van der Waals surface area (Å²) >= 11 is 0. The van der Waals surface area contributed by atoms with Crippen LogP contribution in [-0.2, 0) is 17.1 Å². The van der Waals surface area contributed by atoms with Gasteiger partial charge in [0.25, 0.3) is 5.91 Å². The van der Waals surface area contributed by atoms with Crippen LogP contribution in [0.1, 0.15) is 54.0 Å². The van der Waals surface area contributed by atoms with Crippen LogP contribution in [0.5, 0.6) is 0 Å². The number of benzene rings is 2. The van der Waals surface area contributed by atoms with E-state index in [1.165, 1.54) is 36.9 Å². The third-order valence-corrected chi connectivity index (χ3v) is 7.54. The second-order valence-corrected chi connectivity index (χ2v) is 10.6. The Bertz CT molecular complexity index is 1520. The Labute approximate surface area is 237 Å². The molecule has 4 rings (SSSR count). The van der Waals surface area contributed by atoms with Crippen LogP contribution in [0.15, 0.2) is 48.6 Å². The number of urea groups is 1. The zero-order chi connectivity index (χ0) is 31.0. The van der Waals surface area contributed by atoms with Crippen molar-refractivity contribution in [2.45, 2.75) is 44.1 Å². The van der Waals surface area contributed by atoms with Crippen molar-refractivity contribution in [3.63, 3.8) is 0 Å². The summed E-state index contributed by atoms with van der Waals surface area (Å²) in [5.74, 6) is -0.881. The number of alkyl halides is 6. The fraction of sp³-hybridized carbons (Fsp3) is 0.379. The van der Waals surface area contributed by atoms with Crippen LogP contribution in [0.2, 0.25) is 0 Å². The first-order valence-electron chi connectivity index (χ1n) is 12.9. The largest absolute Gasteiger partial charge is 0.417 e. The molecule has 13 heteroatoms. The van der Waals surface area contributed by atoms with Gasteiger partial charge in [-0.25, -0.2) is 9.69 Å². The summed E-state index contributed by atoms with van der Waals surface area (Å²) in [4.78, 5) is 30.2. The Morgan fingerprint density at radius 1 is 0.905 bits per heavy atom. The highest BCUT2D eigenvalue weighted by Gasteiger charge is 2.51. The normalized spacial score (nSPS) is 19.5. The number of amides is 3. The molecule has 2 aliphatic heterocycles. The van der Waals surface area contributed by atoms with Crippen LogP contribution in [-0.4, -0.2) is 53.5 Å². The van der Waals surface area contributed by atoms with Gasteiger partial charge >= 0.3 is 18.4 Å². The molecule has 2 fully saturated rings. The van der Waals surface area contributed by atoms with Gasteiger partial charge in [-0.2, -0.15) is 36.9 Å². The zero-order valence-electron chi connectivity index (χ0n) is 22.6. The SMILES string of the molecule is CC1(C)C(=O)N(c2ccc(C#N)c(C(F)(F)F)c2)C(=O)N1C/C=C/CN1CCC(c2ccc(C#N)c(C(F)(F)F)c2)C1. The summed E-state index contributed by atoms with van der Waals surface area (Å²) in [5, 5.41) is 18.0. The minimum absolute atomic E-state index is 0.0156. The minimum atomic E-state index is -4.86. The van der Waals surface area contributed by atoms with Crippen molar-refractivity contribution in [2.24, 2.45) is 0 Å². The monoisotopic (exact) mass is 589 g/mol. The van der Waals surface area contributed by atoms with Crippen LogP contribution in [0.25, 0.3) is 0 Å². The van der Waals surface area contributed by atoms with E-state index in [2.05, 4.69) is 0 Å². The zero-order valence-corrected chi connectivity index (χ0v) is 22.6. The van der Waals surface area contributed by atoms with Crippen molar-refractivity contribution < 1.29 is 35.9 Å². The molecule has 2 aliphatic rings. The van der Waals surface area contributed by atoms with E-state index in [4.69, 9.17) is 10.5 Å². The topological polar surface area (TPSA) is 91.4 Å². The second kappa shape index (κ2) is 11.1. The number of imide groups is 1. The predicted octanol–water partition coefficient (Wildman–Crippen LogP) is 6.06. The summed E-state index contributed by atoms with van der Waals surface area (Å²) in [6.45, 7) is 4.45. The quantitative estimate of drug-likeness (QED) is 0.232. The Kier molecular flexibility index (Phi) is 8.11. The number of nitrogens with zero attached hydrogens (tertiary/aromatic N) is 5. The minimum Gasteiger partial charge on any atom is -0.306 e. The lowest BCUT2D eigenvalue weighted by Gasteiger charge is -2.26. The van der Waals surface area contributed by atoms with Gasteiger partial charge in [0.1, 0.15) is 5.54 Å². The lowest BCUT2D eigenvalue weighted by atomic mass is 9.94. The first-order valence-corrected chi connectivity index (χ1v) is 12.9. The maximum Gasteiger partial charge on any atom is 0.417 e. The van der Waals surface area contributed by atoms with Gasteiger partial charge in [0, 0.05) is 19.6 Å². The first-order chi connectivity index (χ1) is 19.6. The number of likely N-dealkylation sites (tertiary alicyclic amines) is 1. The van der Waals surface area contributed by atoms with Crippen LogP contribution in [0.3, 0.4) is 0 Å². The molecule has 3 amide bonds. The van der Waals surface area contributed by atoms with E-state index in [0.717, 1.165) is 18.2 Å². The second-order valence-electron chi connectivity index (χ2n) is 10.6. The molecule has 0 spiro atoms.